The summed E-state index contributed by atoms with van der Waals surface area (Å²) in [6.45, 7) is 5.11. The highest BCUT2D eigenvalue weighted by Crippen LogP contribution is 2.33. The fourth-order valence-electron chi connectivity index (χ4n) is 4.04. The summed E-state index contributed by atoms with van der Waals surface area (Å²) in [5, 5.41) is 19.5. The lowest BCUT2D eigenvalue weighted by Gasteiger charge is -2.26. The van der Waals surface area contributed by atoms with Gasteiger partial charge < -0.3 is 32.2 Å². The smallest absolute Gasteiger partial charge is 0.311 e. The summed E-state index contributed by atoms with van der Waals surface area (Å²) in [5.74, 6) is -2.74. The van der Waals surface area contributed by atoms with Crippen LogP contribution in [0.2, 0.25) is 0 Å². The minimum absolute atomic E-state index is 0.0167. The molecule has 2 aliphatic rings. The van der Waals surface area contributed by atoms with Gasteiger partial charge >= 0.3 is 5.69 Å². The number of primary amides is 1. The molecule has 2 aromatic rings. The van der Waals surface area contributed by atoms with Gasteiger partial charge in [0.15, 0.2) is 0 Å². The van der Waals surface area contributed by atoms with Crippen LogP contribution in [0.3, 0.4) is 0 Å². The van der Waals surface area contributed by atoms with E-state index in [9.17, 15) is 29.3 Å². The van der Waals surface area contributed by atoms with E-state index in [2.05, 4.69) is 16.0 Å². The molecule has 13 heteroatoms. The zero-order valence-electron chi connectivity index (χ0n) is 21.8. The molecule has 4 atom stereocenters. The van der Waals surface area contributed by atoms with E-state index in [-0.39, 0.29) is 41.5 Å². The number of carbonyl (C=O) groups is 4. The van der Waals surface area contributed by atoms with Gasteiger partial charge in [0.05, 0.1) is 11.0 Å². The molecule has 0 aliphatic carbocycles. The molecule has 2 aromatic carbocycles. The highest BCUT2D eigenvalue weighted by Gasteiger charge is 2.31. The Balaban J connectivity index is 2.13. The molecule has 7 N–H and O–H groups in total. The topological polar surface area (TPSA) is 209 Å². The first-order chi connectivity index (χ1) is 18.3. The van der Waals surface area contributed by atoms with Crippen LogP contribution in [-0.4, -0.2) is 46.7 Å². The molecule has 0 fully saturated rings. The number of nitro groups is 1. The van der Waals surface area contributed by atoms with E-state index in [4.69, 9.17) is 16.2 Å². The fourth-order valence-corrected chi connectivity index (χ4v) is 4.04. The van der Waals surface area contributed by atoms with Crippen LogP contribution < -0.4 is 32.2 Å². The van der Waals surface area contributed by atoms with Gasteiger partial charge in [0.2, 0.25) is 29.4 Å². The van der Waals surface area contributed by atoms with Crippen molar-refractivity contribution in [2.75, 3.05) is 0 Å². The summed E-state index contributed by atoms with van der Waals surface area (Å²) in [6.07, 6.45) is 0.203. The average Bonchev–Trinajstić information content (AvgIpc) is 2.86. The molecule has 4 amide bonds. The summed E-state index contributed by atoms with van der Waals surface area (Å²) in [7, 11) is 0. The van der Waals surface area contributed by atoms with Gasteiger partial charge in [-0.05, 0) is 55.0 Å². The molecule has 39 heavy (non-hydrogen) atoms. The van der Waals surface area contributed by atoms with E-state index in [1.807, 2.05) is 13.8 Å². The zero-order valence-corrected chi connectivity index (χ0v) is 21.8. The summed E-state index contributed by atoms with van der Waals surface area (Å²) in [5.41, 5.74) is 11.7. The first-order valence-electron chi connectivity index (χ1n) is 12.4. The number of benzene rings is 2. The maximum atomic E-state index is 13.4. The van der Waals surface area contributed by atoms with Gasteiger partial charge in [0, 0.05) is 6.07 Å². The Morgan fingerprint density at radius 3 is 2.49 bits per heavy atom. The second-order valence-electron chi connectivity index (χ2n) is 9.81. The summed E-state index contributed by atoms with van der Waals surface area (Å²) in [4.78, 5) is 62.3. The minimum Gasteiger partial charge on any atom is -0.450 e. The number of fused-ring (bicyclic) bond motifs is 9. The molecule has 0 saturated carbocycles. The number of hydrogen-bond donors (Lipinski definition) is 5. The van der Waals surface area contributed by atoms with Crippen LogP contribution >= 0.6 is 0 Å². The molecule has 0 unspecified atom stereocenters. The number of nitro benzene ring substituents is 1. The fraction of sp³-hybridized carbons (Fsp3) is 0.385. The first-order valence-corrected chi connectivity index (χ1v) is 12.4. The Labute approximate surface area is 224 Å². The molecular formula is C26H32N6O7. The van der Waals surface area contributed by atoms with Gasteiger partial charge in [-0.3, -0.25) is 29.3 Å². The van der Waals surface area contributed by atoms with Crippen molar-refractivity contribution >= 4 is 29.3 Å². The molecule has 0 spiro atoms. The molecule has 0 aromatic heterocycles. The molecule has 0 saturated heterocycles. The minimum atomic E-state index is -1.33. The molecule has 2 aliphatic heterocycles. The maximum absolute atomic E-state index is 13.4. The van der Waals surface area contributed by atoms with Gasteiger partial charge in [-0.1, -0.05) is 32.0 Å². The normalized spacial score (nSPS) is 20.4. The molecular weight excluding hydrogens is 508 g/mol. The Kier molecular flexibility index (Phi) is 9.20. The second kappa shape index (κ2) is 12.3. The van der Waals surface area contributed by atoms with Gasteiger partial charge in [0.25, 0.3) is 0 Å². The maximum Gasteiger partial charge on any atom is 0.311 e. The first kappa shape index (κ1) is 29.0. The quantitative estimate of drug-likeness (QED) is 0.262. The van der Waals surface area contributed by atoms with E-state index < -0.39 is 52.7 Å². The van der Waals surface area contributed by atoms with Crippen LogP contribution in [0.4, 0.5) is 5.69 Å². The number of ether oxygens (including phenoxy) is 1. The monoisotopic (exact) mass is 540 g/mol. The zero-order chi connectivity index (χ0) is 28.9. The molecule has 4 rings (SSSR count). The second-order valence-corrected chi connectivity index (χ2v) is 9.81. The third-order valence-corrected chi connectivity index (χ3v) is 6.11. The Morgan fingerprint density at radius 2 is 1.85 bits per heavy atom. The van der Waals surface area contributed by atoms with Crippen molar-refractivity contribution in [2.45, 2.75) is 57.8 Å². The number of nitrogens with zero attached hydrogens (tertiary/aromatic N) is 1. The van der Waals surface area contributed by atoms with Crippen LogP contribution in [0.25, 0.3) is 0 Å². The largest absolute Gasteiger partial charge is 0.450 e. The molecule has 2 heterocycles. The van der Waals surface area contributed by atoms with Gasteiger partial charge in [-0.15, -0.1) is 0 Å². The standard InChI is InChI=1S/C26H32N6O7/c1-13(2)9-19-25(35)31-22(26(36)29-14(3)23(28)33)16-5-4-6-17(12-16)39-21-8-7-15(11-20(21)32(37)38)10-18(27)24(34)30-19/h4-8,11-14,18-19,22H,9-10,27H2,1-3H3,(H2,28,33)(H,29,36)(H,30,34)(H,31,35)/t14-,18+,19-,22+/m0/s1. The number of nitrogens with one attached hydrogen (secondary N) is 3. The van der Waals surface area contributed by atoms with E-state index in [0.717, 1.165) is 0 Å². The van der Waals surface area contributed by atoms with Crippen LogP contribution in [0.5, 0.6) is 11.5 Å². The van der Waals surface area contributed by atoms with Crippen LogP contribution in [0, 0.1) is 16.0 Å². The lowest BCUT2D eigenvalue weighted by atomic mass is 9.99. The van der Waals surface area contributed by atoms with Crippen molar-refractivity contribution in [3.05, 3.63) is 63.7 Å². The molecule has 4 bridgehead atoms. The number of rotatable bonds is 6. The number of carbonyl (C=O) groups excluding carboxylic acids is 4. The lowest BCUT2D eigenvalue weighted by Crippen LogP contribution is -2.55. The molecule has 13 nitrogen and oxygen atoms in total. The third-order valence-electron chi connectivity index (χ3n) is 6.11. The lowest BCUT2D eigenvalue weighted by molar-refractivity contribution is -0.385. The summed E-state index contributed by atoms with van der Waals surface area (Å²) in [6, 6.07) is 5.77. The van der Waals surface area contributed by atoms with Crippen molar-refractivity contribution in [1.82, 2.24) is 16.0 Å². The van der Waals surface area contributed by atoms with Gasteiger partial charge in [0.1, 0.15) is 23.9 Å². The van der Waals surface area contributed by atoms with Crippen molar-refractivity contribution in [3.8, 4) is 11.5 Å². The van der Waals surface area contributed by atoms with Crippen LogP contribution in [0.15, 0.2) is 42.5 Å². The Hall–Kier alpha value is -4.52. The van der Waals surface area contributed by atoms with Crippen molar-refractivity contribution in [3.63, 3.8) is 0 Å². The number of nitrogens with two attached hydrogens (primary N) is 2. The van der Waals surface area contributed by atoms with Gasteiger partial charge in [-0.25, -0.2) is 0 Å². The van der Waals surface area contributed by atoms with E-state index in [0.29, 0.717) is 5.56 Å². The third kappa shape index (κ3) is 7.51. The summed E-state index contributed by atoms with van der Waals surface area (Å²) >= 11 is 0. The number of hydrogen-bond acceptors (Lipinski definition) is 8. The van der Waals surface area contributed by atoms with E-state index in [1.165, 1.54) is 31.2 Å². The van der Waals surface area contributed by atoms with Crippen LogP contribution in [0.1, 0.15) is 44.4 Å². The summed E-state index contributed by atoms with van der Waals surface area (Å²) < 4.78 is 5.79. The number of amides is 4. The van der Waals surface area contributed by atoms with Gasteiger partial charge in [-0.2, -0.15) is 0 Å². The average molecular weight is 541 g/mol. The highest BCUT2D eigenvalue weighted by atomic mass is 16.6. The van der Waals surface area contributed by atoms with Crippen molar-refractivity contribution in [2.24, 2.45) is 17.4 Å². The Morgan fingerprint density at radius 1 is 1.13 bits per heavy atom. The van der Waals surface area contributed by atoms with E-state index in [1.54, 1.807) is 18.2 Å². The van der Waals surface area contributed by atoms with E-state index >= 15 is 0 Å². The highest BCUT2D eigenvalue weighted by molar-refractivity contribution is 5.95. The molecule has 208 valence electrons. The predicted molar refractivity (Wildman–Crippen MR) is 140 cm³/mol. The predicted octanol–water partition coefficient (Wildman–Crippen LogP) is 0.949. The molecule has 0 radical (unpaired) electrons. The SMILES string of the molecule is CC(C)C[C@@H]1NC(=O)[C@H](N)Cc2ccc(c([N+](=O)[O-])c2)Oc2cccc(c2)[C@H](C(=O)N[C@@H](C)C(N)=O)NC1=O. The van der Waals surface area contributed by atoms with Crippen molar-refractivity contribution in [1.29, 1.82) is 0 Å². The Bertz CT molecular complexity index is 1280. The van der Waals surface area contributed by atoms with Crippen molar-refractivity contribution < 1.29 is 28.8 Å². The van der Waals surface area contributed by atoms with Crippen LogP contribution in [-0.2, 0) is 25.6 Å².